The van der Waals surface area contributed by atoms with Crippen molar-refractivity contribution in [2.45, 2.75) is 39.2 Å². The van der Waals surface area contributed by atoms with E-state index in [-0.39, 0.29) is 5.91 Å². The third-order valence-electron chi connectivity index (χ3n) is 7.15. The Kier molecular flexibility index (Phi) is 6.33. The van der Waals surface area contributed by atoms with Gasteiger partial charge in [-0.1, -0.05) is 13.0 Å². The van der Waals surface area contributed by atoms with Crippen LogP contribution in [-0.2, 0) is 24.2 Å². The van der Waals surface area contributed by atoms with E-state index in [1.807, 2.05) is 22.4 Å². The molecule has 2 aromatic heterocycles. The van der Waals surface area contributed by atoms with Crippen molar-refractivity contribution in [2.24, 2.45) is 5.92 Å². The van der Waals surface area contributed by atoms with Crippen molar-refractivity contribution in [1.29, 1.82) is 0 Å². The minimum Gasteiger partial charge on any atom is -0.354 e. The second-order valence-corrected chi connectivity index (χ2v) is 10.6. The second-order valence-electron chi connectivity index (χ2n) is 9.55. The number of carbonyl (C=O) groups excluding carboxylic acids is 1. The number of anilines is 2. The Labute approximate surface area is 195 Å². The number of thiophene rings is 1. The van der Waals surface area contributed by atoms with Gasteiger partial charge in [0.2, 0.25) is 11.9 Å². The minimum atomic E-state index is 0.205. The molecule has 5 heterocycles. The monoisotopic (exact) mass is 454 g/mol. The molecule has 0 radical (unpaired) electrons. The zero-order valence-corrected chi connectivity index (χ0v) is 20.1. The van der Waals surface area contributed by atoms with Gasteiger partial charge >= 0.3 is 0 Å². The van der Waals surface area contributed by atoms with Crippen LogP contribution < -0.4 is 9.80 Å². The summed E-state index contributed by atoms with van der Waals surface area (Å²) >= 11 is 1.65. The minimum absolute atomic E-state index is 0.205. The Hall–Kier alpha value is -2.19. The molecule has 7 nitrogen and oxygen atoms in total. The molecule has 0 N–H and O–H groups in total. The number of fused-ring (bicyclic) bond motifs is 1. The fourth-order valence-corrected chi connectivity index (χ4v) is 5.60. The highest BCUT2D eigenvalue weighted by atomic mass is 32.1. The van der Waals surface area contributed by atoms with Gasteiger partial charge in [0.1, 0.15) is 5.82 Å². The summed E-state index contributed by atoms with van der Waals surface area (Å²) in [5.41, 5.74) is 2.30. The number of piperidine rings is 1. The molecule has 0 unspecified atom stereocenters. The number of carbonyl (C=O) groups is 1. The van der Waals surface area contributed by atoms with Crippen LogP contribution in [-0.4, -0.2) is 78.5 Å². The van der Waals surface area contributed by atoms with Crippen LogP contribution >= 0.6 is 11.3 Å². The maximum absolute atomic E-state index is 13.0. The number of nitrogens with zero attached hydrogens (tertiary/aromatic N) is 6. The Bertz CT molecular complexity index is 932. The lowest BCUT2D eigenvalue weighted by molar-refractivity contribution is -0.131. The van der Waals surface area contributed by atoms with Crippen LogP contribution in [0.1, 0.15) is 35.9 Å². The first-order chi connectivity index (χ1) is 15.6. The molecule has 1 amide bonds. The number of rotatable bonds is 4. The average Bonchev–Trinajstić information content (AvgIpc) is 3.32. The van der Waals surface area contributed by atoms with E-state index in [4.69, 9.17) is 9.97 Å². The van der Waals surface area contributed by atoms with E-state index < -0.39 is 0 Å². The van der Waals surface area contributed by atoms with Crippen molar-refractivity contribution < 1.29 is 4.79 Å². The molecule has 0 aliphatic carbocycles. The van der Waals surface area contributed by atoms with Crippen LogP contribution in [0.2, 0.25) is 0 Å². The quantitative estimate of drug-likeness (QED) is 0.708. The first-order valence-electron chi connectivity index (χ1n) is 11.9. The number of hydrogen-bond donors (Lipinski definition) is 0. The second kappa shape index (κ2) is 9.35. The highest BCUT2D eigenvalue weighted by Crippen LogP contribution is 2.31. The SMILES string of the molecule is CC1CCN(c2nc3c(c(N4CCN(C)CC4)n2)CN(C(=O)Cc2cccs2)CC3)CC1. The van der Waals surface area contributed by atoms with Crippen molar-refractivity contribution in [3.8, 4) is 0 Å². The molecule has 0 spiro atoms. The fraction of sp³-hybridized carbons (Fsp3) is 0.625. The number of hydrogen-bond acceptors (Lipinski definition) is 7. The van der Waals surface area contributed by atoms with Crippen molar-refractivity contribution >= 4 is 29.0 Å². The van der Waals surface area contributed by atoms with Gasteiger partial charge in [0.25, 0.3) is 0 Å². The number of amides is 1. The van der Waals surface area contributed by atoms with E-state index in [0.717, 1.165) is 86.1 Å². The third-order valence-corrected chi connectivity index (χ3v) is 8.03. The topological polar surface area (TPSA) is 55.8 Å². The predicted octanol–water partition coefficient (Wildman–Crippen LogP) is 2.65. The highest BCUT2D eigenvalue weighted by molar-refractivity contribution is 7.10. The fourth-order valence-electron chi connectivity index (χ4n) is 4.90. The summed E-state index contributed by atoms with van der Waals surface area (Å²) in [4.78, 5) is 33.5. The molecule has 0 saturated carbocycles. The van der Waals surface area contributed by atoms with Gasteiger partial charge in [-0.2, -0.15) is 4.98 Å². The molecule has 3 aliphatic rings. The molecule has 3 aliphatic heterocycles. The molecule has 5 rings (SSSR count). The van der Waals surface area contributed by atoms with Gasteiger partial charge in [0.15, 0.2) is 0 Å². The van der Waals surface area contributed by atoms with Gasteiger partial charge in [-0.3, -0.25) is 4.79 Å². The molecule has 2 saturated heterocycles. The molecule has 2 fully saturated rings. The van der Waals surface area contributed by atoms with Gasteiger partial charge in [-0.25, -0.2) is 4.98 Å². The van der Waals surface area contributed by atoms with Crippen LogP contribution in [0.15, 0.2) is 17.5 Å². The maximum atomic E-state index is 13.0. The van der Waals surface area contributed by atoms with E-state index >= 15 is 0 Å². The zero-order valence-electron chi connectivity index (χ0n) is 19.3. The number of piperazine rings is 1. The lowest BCUT2D eigenvalue weighted by Crippen LogP contribution is -2.46. The van der Waals surface area contributed by atoms with E-state index in [9.17, 15) is 4.79 Å². The standard InChI is InChI=1S/C24H34N6OS/c1-18-5-8-29(9-6-18)24-25-21-7-10-30(22(31)16-19-4-3-15-32-19)17-20(21)23(26-24)28-13-11-27(2)12-14-28/h3-4,15,18H,5-14,16-17H2,1-2H3. The number of aromatic nitrogens is 2. The van der Waals surface area contributed by atoms with Gasteiger partial charge in [0.05, 0.1) is 18.7 Å². The average molecular weight is 455 g/mol. The van der Waals surface area contributed by atoms with E-state index in [0.29, 0.717) is 13.0 Å². The van der Waals surface area contributed by atoms with E-state index in [1.54, 1.807) is 11.3 Å². The van der Waals surface area contributed by atoms with E-state index in [1.165, 1.54) is 12.8 Å². The molecule has 0 aromatic carbocycles. The predicted molar refractivity (Wildman–Crippen MR) is 129 cm³/mol. The summed E-state index contributed by atoms with van der Waals surface area (Å²) in [6.07, 6.45) is 3.71. The van der Waals surface area contributed by atoms with Gasteiger partial charge in [-0.05, 0) is 37.3 Å². The normalized spacial score (nSPS) is 20.5. The summed E-state index contributed by atoms with van der Waals surface area (Å²) in [5.74, 6) is 2.94. The van der Waals surface area contributed by atoms with Crippen molar-refractivity contribution in [3.05, 3.63) is 33.6 Å². The van der Waals surface area contributed by atoms with E-state index in [2.05, 4.69) is 28.7 Å². The van der Waals surface area contributed by atoms with Gasteiger partial charge < -0.3 is 19.6 Å². The van der Waals surface area contributed by atoms with Crippen LogP contribution in [0, 0.1) is 5.92 Å². The zero-order chi connectivity index (χ0) is 22.1. The molecule has 0 atom stereocenters. The molecular formula is C24H34N6OS. The lowest BCUT2D eigenvalue weighted by atomic mass is 9.99. The molecule has 0 bridgehead atoms. The lowest BCUT2D eigenvalue weighted by Gasteiger charge is -2.38. The van der Waals surface area contributed by atoms with Crippen LogP contribution in [0.5, 0.6) is 0 Å². The Morgan fingerprint density at radius 1 is 1.06 bits per heavy atom. The smallest absolute Gasteiger partial charge is 0.228 e. The summed E-state index contributed by atoms with van der Waals surface area (Å²) in [6.45, 7) is 9.79. The molecule has 32 heavy (non-hydrogen) atoms. The highest BCUT2D eigenvalue weighted by Gasteiger charge is 2.30. The van der Waals surface area contributed by atoms with Crippen LogP contribution in [0.25, 0.3) is 0 Å². The molecule has 2 aromatic rings. The maximum Gasteiger partial charge on any atom is 0.228 e. The first kappa shape index (κ1) is 21.6. The van der Waals surface area contributed by atoms with Crippen LogP contribution in [0.3, 0.4) is 0 Å². The summed E-state index contributed by atoms with van der Waals surface area (Å²) in [7, 11) is 2.18. The van der Waals surface area contributed by atoms with Crippen LogP contribution in [0.4, 0.5) is 11.8 Å². The Morgan fingerprint density at radius 3 is 2.56 bits per heavy atom. The Morgan fingerprint density at radius 2 is 1.84 bits per heavy atom. The third kappa shape index (κ3) is 4.62. The Balaban J connectivity index is 1.42. The van der Waals surface area contributed by atoms with Gasteiger partial charge in [0, 0.05) is 62.7 Å². The van der Waals surface area contributed by atoms with Crippen molar-refractivity contribution in [2.75, 3.05) is 62.7 Å². The summed E-state index contributed by atoms with van der Waals surface area (Å²) in [6, 6.07) is 4.06. The summed E-state index contributed by atoms with van der Waals surface area (Å²) in [5, 5.41) is 2.04. The molecular weight excluding hydrogens is 420 g/mol. The first-order valence-corrected chi connectivity index (χ1v) is 12.8. The van der Waals surface area contributed by atoms with Crippen molar-refractivity contribution in [3.63, 3.8) is 0 Å². The molecule has 8 heteroatoms. The van der Waals surface area contributed by atoms with Crippen molar-refractivity contribution in [1.82, 2.24) is 19.8 Å². The largest absolute Gasteiger partial charge is 0.354 e. The van der Waals surface area contributed by atoms with Gasteiger partial charge in [-0.15, -0.1) is 11.3 Å². The number of likely N-dealkylation sites (N-methyl/N-ethyl adjacent to an activating group) is 1. The summed E-state index contributed by atoms with van der Waals surface area (Å²) < 4.78 is 0. The molecule has 172 valence electrons.